The first-order valence-corrected chi connectivity index (χ1v) is 7.90. The fourth-order valence-electron chi connectivity index (χ4n) is 2.21. The Bertz CT molecular complexity index is 209. The van der Waals surface area contributed by atoms with Crippen LogP contribution in [0.1, 0.15) is 53.9 Å². The molecule has 0 heterocycles. The normalized spacial score (nSPS) is 14.4. The van der Waals surface area contributed by atoms with Crippen LogP contribution in [0, 0.1) is 0 Å². The quantitative estimate of drug-likeness (QED) is 0.616. The zero-order valence-corrected chi connectivity index (χ0v) is 14.4. The van der Waals surface area contributed by atoms with E-state index in [4.69, 9.17) is 0 Å². The molecule has 0 fully saturated rings. The molecule has 116 valence electrons. The van der Waals surface area contributed by atoms with Gasteiger partial charge in [0.15, 0.2) is 0 Å². The first-order valence-electron chi connectivity index (χ1n) is 7.90. The van der Waals surface area contributed by atoms with Crippen molar-refractivity contribution in [2.75, 3.05) is 40.3 Å². The summed E-state index contributed by atoms with van der Waals surface area (Å²) in [6.45, 7) is 16.0. The van der Waals surface area contributed by atoms with Gasteiger partial charge in [0.1, 0.15) is 0 Å². The largest absolute Gasteiger partial charge is 0.312 e. The van der Waals surface area contributed by atoms with Gasteiger partial charge < -0.3 is 10.2 Å². The van der Waals surface area contributed by atoms with Gasteiger partial charge in [0.25, 0.3) is 0 Å². The molecule has 1 atom stereocenters. The second kappa shape index (κ2) is 9.73. The lowest BCUT2D eigenvalue weighted by atomic mass is 10.1. The molecule has 0 aliphatic heterocycles. The lowest BCUT2D eigenvalue weighted by molar-refractivity contribution is 0.178. The Morgan fingerprint density at radius 2 is 1.68 bits per heavy atom. The summed E-state index contributed by atoms with van der Waals surface area (Å²) in [6.07, 6.45) is 3.80. The molecule has 0 aromatic carbocycles. The van der Waals surface area contributed by atoms with Crippen molar-refractivity contribution in [3.8, 4) is 0 Å². The summed E-state index contributed by atoms with van der Waals surface area (Å²) in [5, 5.41) is 3.57. The number of rotatable bonds is 10. The lowest BCUT2D eigenvalue weighted by Crippen LogP contribution is -2.40. The van der Waals surface area contributed by atoms with Crippen LogP contribution < -0.4 is 5.32 Å². The first-order chi connectivity index (χ1) is 8.76. The maximum absolute atomic E-state index is 3.57. The maximum Gasteiger partial charge on any atom is 0.0112 e. The second-order valence-corrected chi connectivity index (χ2v) is 7.01. The first kappa shape index (κ1) is 18.9. The third-order valence-corrected chi connectivity index (χ3v) is 3.42. The smallest absolute Gasteiger partial charge is 0.0112 e. The Morgan fingerprint density at radius 1 is 1.05 bits per heavy atom. The third kappa shape index (κ3) is 11.4. The molecule has 0 rings (SSSR count). The summed E-state index contributed by atoms with van der Waals surface area (Å²) in [4.78, 5) is 4.91. The Hall–Kier alpha value is -0.120. The van der Waals surface area contributed by atoms with E-state index < -0.39 is 0 Å². The molecular formula is C16H37N3. The summed E-state index contributed by atoms with van der Waals surface area (Å²) >= 11 is 0. The highest BCUT2D eigenvalue weighted by Crippen LogP contribution is 2.08. The van der Waals surface area contributed by atoms with E-state index in [1.54, 1.807) is 0 Å². The van der Waals surface area contributed by atoms with Gasteiger partial charge in [-0.05, 0) is 74.1 Å². The van der Waals surface area contributed by atoms with Gasteiger partial charge in [-0.15, -0.1) is 0 Å². The third-order valence-electron chi connectivity index (χ3n) is 3.42. The number of hydrogen-bond donors (Lipinski definition) is 1. The Labute approximate surface area is 121 Å². The lowest BCUT2D eigenvalue weighted by Gasteiger charge is -2.30. The fraction of sp³-hybridized carbons (Fsp3) is 1.00. The number of hydrogen-bond acceptors (Lipinski definition) is 3. The SMILES string of the molecule is CCCN(CCN(C)C)C(C)CCCNC(C)(C)C. The van der Waals surface area contributed by atoms with E-state index in [2.05, 4.69) is 63.8 Å². The van der Waals surface area contributed by atoms with Crippen LogP contribution in [0.2, 0.25) is 0 Å². The van der Waals surface area contributed by atoms with Crippen molar-refractivity contribution in [3.05, 3.63) is 0 Å². The summed E-state index contributed by atoms with van der Waals surface area (Å²) in [6, 6.07) is 0.696. The molecule has 1 N–H and O–H groups in total. The molecule has 0 aromatic heterocycles. The highest BCUT2D eigenvalue weighted by Gasteiger charge is 2.13. The van der Waals surface area contributed by atoms with Crippen molar-refractivity contribution >= 4 is 0 Å². The van der Waals surface area contributed by atoms with E-state index in [1.807, 2.05) is 0 Å². The molecule has 3 heteroatoms. The predicted octanol–water partition coefficient (Wildman–Crippen LogP) is 2.82. The van der Waals surface area contributed by atoms with Crippen molar-refractivity contribution in [3.63, 3.8) is 0 Å². The molecule has 0 bridgehead atoms. The predicted molar refractivity (Wildman–Crippen MR) is 86.9 cm³/mol. The number of nitrogens with one attached hydrogen (secondary N) is 1. The van der Waals surface area contributed by atoms with Crippen LogP contribution in [-0.4, -0.2) is 61.7 Å². The monoisotopic (exact) mass is 271 g/mol. The molecule has 0 amide bonds. The summed E-state index contributed by atoms with van der Waals surface area (Å²) in [5.74, 6) is 0. The molecule has 0 radical (unpaired) electrons. The van der Waals surface area contributed by atoms with Crippen molar-refractivity contribution in [2.24, 2.45) is 0 Å². The van der Waals surface area contributed by atoms with Gasteiger partial charge in [-0.1, -0.05) is 6.92 Å². The van der Waals surface area contributed by atoms with E-state index in [0.29, 0.717) is 6.04 Å². The van der Waals surface area contributed by atoms with Gasteiger partial charge in [-0.25, -0.2) is 0 Å². The van der Waals surface area contributed by atoms with Crippen LogP contribution in [0.5, 0.6) is 0 Å². The molecule has 0 saturated carbocycles. The van der Waals surface area contributed by atoms with Crippen molar-refractivity contribution in [2.45, 2.75) is 65.5 Å². The van der Waals surface area contributed by atoms with Crippen LogP contribution in [0.4, 0.5) is 0 Å². The Kier molecular flexibility index (Phi) is 9.67. The molecule has 3 nitrogen and oxygen atoms in total. The van der Waals surface area contributed by atoms with E-state index in [0.717, 1.165) is 13.1 Å². The highest BCUT2D eigenvalue weighted by atomic mass is 15.2. The minimum Gasteiger partial charge on any atom is -0.312 e. The standard InChI is InChI=1S/C16H37N3/c1-8-12-19(14-13-18(6)7)15(2)10-9-11-17-16(3,4)5/h15,17H,8-14H2,1-7H3. The summed E-state index contributed by atoms with van der Waals surface area (Å²) < 4.78 is 0. The highest BCUT2D eigenvalue weighted by molar-refractivity contribution is 4.72. The fourth-order valence-corrected chi connectivity index (χ4v) is 2.21. The van der Waals surface area contributed by atoms with Crippen LogP contribution >= 0.6 is 0 Å². The van der Waals surface area contributed by atoms with Crippen molar-refractivity contribution in [1.29, 1.82) is 0 Å². The molecule has 0 saturated heterocycles. The summed E-state index contributed by atoms with van der Waals surface area (Å²) in [7, 11) is 4.31. The van der Waals surface area contributed by atoms with E-state index in [9.17, 15) is 0 Å². The van der Waals surface area contributed by atoms with E-state index in [1.165, 1.54) is 32.4 Å². The van der Waals surface area contributed by atoms with Gasteiger partial charge in [-0.3, -0.25) is 4.90 Å². The maximum atomic E-state index is 3.57. The van der Waals surface area contributed by atoms with Gasteiger partial charge in [-0.2, -0.15) is 0 Å². The topological polar surface area (TPSA) is 18.5 Å². The Morgan fingerprint density at radius 3 is 2.16 bits per heavy atom. The van der Waals surface area contributed by atoms with Crippen molar-refractivity contribution < 1.29 is 0 Å². The zero-order chi connectivity index (χ0) is 14.9. The Balaban J connectivity index is 3.93. The molecule has 0 spiro atoms. The molecule has 1 unspecified atom stereocenters. The van der Waals surface area contributed by atoms with E-state index in [-0.39, 0.29) is 5.54 Å². The second-order valence-electron chi connectivity index (χ2n) is 7.01. The number of likely N-dealkylation sites (N-methyl/N-ethyl adjacent to an activating group) is 1. The van der Waals surface area contributed by atoms with Crippen LogP contribution in [0.25, 0.3) is 0 Å². The van der Waals surface area contributed by atoms with Crippen LogP contribution in [0.15, 0.2) is 0 Å². The van der Waals surface area contributed by atoms with Crippen LogP contribution in [0.3, 0.4) is 0 Å². The van der Waals surface area contributed by atoms with Crippen LogP contribution in [-0.2, 0) is 0 Å². The molecule has 0 aromatic rings. The van der Waals surface area contributed by atoms with Gasteiger partial charge in [0.05, 0.1) is 0 Å². The molecule has 0 aliphatic carbocycles. The van der Waals surface area contributed by atoms with E-state index >= 15 is 0 Å². The van der Waals surface area contributed by atoms with Gasteiger partial charge in [0, 0.05) is 24.7 Å². The van der Waals surface area contributed by atoms with Gasteiger partial charge in [0.2, 0.25) is 0 Å². The molecular weight excluding hydrogens is 234 g/mol. The average molecular weight is 271 g/mol. The zero-order valence-electron chi connectivity index (χ0n) is 14.4. The molecule has 0 aliphatic rings. The van der Waals surface area contributed by atoms with Crippen molar-refractivity contribution in [1.82, 2.24) is 15.1 Å². The minimum absolute atomic E-state index is 0.247. The number of nitrogens with zero attached hydrogens (tertiary/aromatic N) is 2. The molecule has 19 heavy (non-hydrogen) atoms. The summed E-state index contributed by atoms with van der Waals surface area (Å²) in [5.41, 5.74) is 0.247. The average Bonchev–Trinajstić information content (AvgIpc) is 2.28. The minimum atomic E-state index is 0.247. The van der Waals surface area contributed by atoms with Gasteiger partial charge >= 0.3 is 0 Å².